The van der Waals surface area contributed by atoms with E-state index in [1.807, 2.05) is 0 Å². The Hall–Kier alpha value is -0.830. The maximum Gasteiger partial charge on any atom is 0.113 e. The van der Waals surface area contributed by atoms with E-state index < -0.39 is 0 Å². The Morgan fingerprint density at radius 2 is 2.00 bits per heavy atom. The molecular weight excluding hydrogens is 234 g/mol. The van der Waals surface area contributed by atoms with E-state index in [9.17, 15) is 0 Å². The first kappa shape index (κ1) is 13.2. The lowest BCUT2D eigenvalue weighted by molar-refractivity contribution is 0.163. The van der Waals surface area contributed by atoms with E-state index in [-0.39, 0.29) is 0 Å². The van der Waals surface area contributed by atoms with Gasteiger partial charge in [0.25, 0.3) is 0 Å². The molecule has 1 saturated heterocycles. The van der Waals surface area contributed by atoms with Gasteiger partial charge >= 0.3 is 0 Å². The minimum Gasteiger partial charge on any atom is -0.332 e. The summed E-state index contributed by atoms with van der Waals surface area (Å²) >= 11 is 0. The summed E-state index contributed by atoms with van der Waals surface area (Å²) in [5.41, 5.74) is 1.47. The van der Waals surface area contributed by atoms with Gasteiger partial charge < -0.3 is 9.47 Å². The third kappa shape index (κ3) is 2.45. The number of fused-ring (bicyclic) bond motifs is 1. The number of rotatable bonds is 2. The van der Waals surface area contributed by atoms with Crippen LogP contribution < -0.4 is 0 Å². The average Bonchev–Trinajstić information content (AvgIpc) is 2.84. The van der Waals surface area contributed by atoms with Crippen molar-refractivity contribution in [1.29, 1.82) is 0 Å². The Bertz CT molecular complexity index is 435. The van der Waals surface area contributed by atoms with E-state index in [0.717, 1.165) is 0 Å². The standard InChI is InChI=1S/C16H27N3/c1-12(2)18-8-5-7-14(11-18)16-17-10-15-13(3)6-4-9-19(15)16/h10,12-14H,4-9,11H2,1-3H3. The molecule has 3 heterocycles. The van der Waals surface area contributed by atoms with Crippen molar-refractivity contribution >= 4 is 0 Å². The number of likely N-dealkylation sites (tertiary alicyclic amines) is 1. The lowest BCUT2D eigenvalue weighted by atomic mass is 9.94. The second-order valence-electron chi connectivity index (χ2n) is 6.66. The van der Waals surface area contributed by atoms with Crippen LogP contribution in [0.25, 0.3) is 0 Å². The number of aromatic nitrogens is 2. The lowest BCUT2D eigenvalue weighted by Crippen LogP contribution is -2.39. The van der Waals surface area contributed by atoms with Crippen LogP contribution in [-0.4, -0.2) is 33.6 Å². The van der Waals surface area contributed by atoms with Gasteiger partial charge in [-0.3, -0.25) is 0 Å². The molecule has 1 fully saturated rings. The summed E-state index contributed by atoms with van der Waals surface area (Å²) in [5, 5.41) is 0. The second-order valence-corrected chi connectivity index (χ2v) is 6.66. The van der Waals surface area contributed by atoms with Gasteiger partial charge in [-0.15, -0.1) is 0 Å². The molecule has 1 aromatic rings. The summed E-state index contributed by atoms with van der Waals surface area (Å²) in [6.07, 6.45) is 7.42. The third-order valence-electron chi connectivity index (χ3n) is 4.99. The Morgan fingerprint density at radius 3 is 2.79 bits per heavy atom. The zero-order valence-corrected chi connectivity index (χ0v) is 12.6. The maximum absolute atomic E-state index is 4.80. The summed E-state index contributed by atoms with van der Waals surface area (Å²) in [7, 11) is 0. The highest BCUT2D eigenvalue weighted by atomic mass is 15.2. The largest absolute Gasteiger partial charge is 0.332 e. The molecular formula is C16H27N3. The van der Waals surface area contributed by atoms with Gasteiger partial charge in [0, 0.05) is 36.9 Å². The van der Waals surface area contributed by atoms with Gasteiger partial charge in [0.2, 0.25) is 0 Å². The minimum atomic E-state index is 0.648. The van der Waals surface area contributed by atoms with Crippen molar-refractivity contribution in [1.82, 2.24) is 14.5 Å². The van der Waals surface area contributed by atoms with Gasteiger partial charge in [-0.25, -0.2) is 4.98 Å². The first-order valence-electron chi connectivity index (χ1n) is 7.96. The van der Waals surface area contributed by atoms with E-state index in [2.05, 4.69) is 36.4 Å². The second kappa shape index (κ2) is 5.28. The molecule has 0 spiro atoms. The maximum atomic E-state index is 4.80. The minimum absolute atomic E-state index is 0.648. The van der Waals surface area contributed by atoms with Crippen LogP contribution in [0, 0.1) is 0 Å². The number of piperidine rings is 1. The van der Waals surface area contributed by atoms with Crippen molar-refractivity contribution < 1.29 is 0 Å². The molecule has 2 aliphatic heterocycles. The van der Waals surface area contributed by atoms with E-state index >= 15 is 0 Å². The van der Waals surface area contributed by atoms with Crippen LogP contribution in [0.5, 0.6) is 0 Å². The van der Waals surface area contributed by atoms with Gasteiger partial charge in [-0.2, -0.15) is 0 Å². The molecule has 0 N–H and O–H groups in total. The van der Waals surface area contributed by atoms with E-state index in [1.54, 1.807) is 0 Å². The molecule has 0 aromatic carbocycles. The normalized spacial score (nSPS) is 28.6. The predicted molar refractivity (Wildman–Crippen MR) is 78.6 cm³/mol. The Balaban J connectivity index is 1.82. The van der Waals surface area contributed by atoms with Crippen LogP contribution in [0.1, 0.15) is 69.8 Å². The molecule has 0 saturated carbocycles. The van der Waals surface area contributed by atoms with E-state index in [0.29, 0.717) is 17.9 Å². The van der Waals surface area contributed by atoms with E-state index in [4.69, 9.17) is 4.98 Å². The van der Waals surface area contributed by atoms with Crippen LogP contribution in [0.2, 0.25) is 0 Å². The SMILES string of the molecule is CC1CCCn2c1cnc2C1CCCN(C(C)C)C1. The fourth-order valence-electron chi connectivity index (χ4n) is 3.76. The van der Waals surface area contributed by atoms with Crippen molar-refractivity contribution in [2.45, 2.75) is 70.9 Å². The van der Waals surface area contributed by atoms with Gasteiger partial charge in [0.15, 0.2) is 0 Å². The Morgan fingerprint density at radius 1 is 1.21 bits per heavy atom. The molecule has 2 atom stereocenters. The quantitative estimate of drug-likeness (QED) is 0.814. The molecule has 2 aliphatic rings. The molecule has 1 aromatic heterocycles. The molecule has 2 unspecified atom stereocenters. The van der Waals surface area contributed by atoms with Crippen LogP contribution in [-0.2, 0) is 6.54 Å². The highest BCUT2D eigenvalue weighted by molar-refractivity contribution is 5.16. The van der Waals surface area contributed by atoms with Gasteiger partial charge in [-0.1, -0.05) is 6.92 Å². The highest BCUT2D eigenvalue weighted by Gasteiger charge is 2.28. The van der Waals surface area contributed by atoms with Crippen molar-refractivity contribution in [2.75, 3.05) is 13.1 Å². The zero-order valence-electron chi connectivity index (χ0n) is 12.6. The molecule has 0 aliphatic carbocycles. The van der Waals surface area contributed by atoms with Gasteiger partial charge in [0.1, 0.15) is 5.82 Å². The Labute approximate surface area is 117 Å². The first-order valence-corrected chi connectivity index (χ1v) is 7.96. The first-order chi connectivity index (χ1) is 9.16. The number of nitrogens with zero attached hydrogens (tertiary/aromatic N) is 3. The summed E-state index contributed by atoms with van der Waals surface area (Å²) in [6, 6.07) is 0.664. The summed E-state index contributed by atoms with van der Waals surface area (Å²) in [5.74, 6) is 2.71. The molecule has 0 radical (unpaired) electrons. The molecule has 0 bridgehead atoms. The van der Waals surface area contributed by atoms with Gasteiger partial charge in [-0.05, 0) is 52.0 Å². The summed E-state index contributed by atoms with van der Waals surface area (Å²) < 4.78 is 2.53. The monoisotopic (exact) mass is 261 g/mol. The molecule has 3 nitrogen and oxygen atoms in total. The third-order valence-corrected chi connectivity index (χ3v) is 4.99. The van der Waals surface area contributed by atoms with Crippen LogP contribution in [0.3, 0.4) is 0 Å². The lowest BCUT2D eigenvalue weighted by Gasteiger charge is -2.36. The number of hydrogen-bond acceptors (Lipinski definition) is 2. The van der Waals surface area contributed by atoms with Crippen molar-refractivity contribution in [2.24, 2.45) is 0 Å². The van der Waals surface area contributed by atoms with E-state index in [1.165, 1.54) is 56.8 Å². The topological polar surface area (TPSA) is 21.1 Å². The van der Waals surface area contributed by atoms with Crippen molar-refractivity contribution in [3.05, 3.63) is 17.7 Å². The average molecular weight is 261 g/mol. The smallest absolute Gasteiger partial charge is 0.113 e. The van der Waals surface area contributed by atoms with Crippen molar-refractivity contribution in [3.63, 3.8) is 0 Å². The Kier molecular flexibility index (Phi) is 3.66. The zero-order chi connectivity index (χ0) is 13.4. The van der Waals surface area contributed by atoms with Crippen LogP contribution in [0.4, 0.5) is 0 Å². The molecule has 19 heavy (non-hydrogen) atoms. The highest BCUT2D eigenvalue weighted by Crippen LogP contribution is 2.33. The van der Waals surface area contributed by atoms with Crippen LogP contribution in [0.15, 0.2) is 6.20 Å². The van der Waals surface area contributed by atoms with Gasteiger partial charge in [0.05, 0.1) is 0 Å². The molecule has 3 heteroatoms. The van der Waals surface area contributed by atoms with Crippen molar-refractivity contribution in [3.8, 4) is 0 Å². The summed E-state index contributed by atoms with van der Waals surface area (Å²) in [6.45, 7) is 10.6. The van der Waals surface area contributed by atoms with Crippen LogP contribution >= 0.6 is 0 Å². The predicted octanol–water partition coefficient (Wildman–Crippen LogP) is 3.37. The fourth-order valence-corrected chi connectivity index (χ4v) is 3.76. The number of hydrogen-bond donors (Lipinski definition) is 0. The summed E-state index contributed by atoms with van der Waals surface area (Å²) in [4.78, 5) is 7.42. The molecule has 0 amide bonds. The molecule has 106 valence electrons. The number of imidazole rings is 1. The fraction of sp³-hybridized carbons (Fsp3) is 0.812. The molecule has 3 rings (SSSR count).